The first-order valence-electron chi connectivity index (χ1n) is 14.7. The maximum Gasteiger partial charge on any atom is 0.230 e. The normalized spacial score (nSPS) is 19.9. The molecular formula is C30H30NS+. The van der Waals surface area contributed by atoms with Crippen LogP contribution in [0.25, 0.3) is 42.2 Å². The van der Waals surface area contributed by atoms with Crippen molar-refractivity contribution >= 4 is 42.3 Å². The molecule has 0 atom stereocenters. The van der Waals surface area contributed by atoms with Crippen LogP contribution in [0.2, 0.25) is 0 Å². The Morgan fingerprint density at radius 1 is 0.969 bits per heavy atom. The van der Waals surface area contributed by atoms with Gasteiger partial charge in [0.15, 0.2) is 6.20 Å². The molecule has 1 aliphatic rings. The van der Waals surface area contributed by atoms with Gasteiger partial charge in [0.25, 0.3) is 0 Å². The van der Waals surface area contributed by atoms with Gasteiger partial charge in [-0.3, -0.25) is 0 Å². The first-order chi connectivity index (χ1) is 18.3. The molecule has 0 saturated heterocycles. The van der Waals surface area contributed by atoms with Crippen LogP contribution in [0.1, 0.15) is 63.4 Å². The summed E-state index contributed by atoms with van der Waals surface area (Å²) in [5, 5.41) is 3.70. The third kappa shape index (κ3) is 3.08. The number of fused-ring (bicyclic) bond motifs is 4. The highest BCUT2D eigenvalue weighted by atomic mass is 32.1. The Balaban J connectivity index is 1.66. The summed E-state index contributed by atoms with van der Waals surface area (Å²) < 4.78 is 61.2. The van der Waals surface area contributed by atoms with Crippen LogP contribution in [0.3, 0.4) is 0 Å². The lowest BCUT2D eigenvalue weighted by Crippen LogP contribution is -2.31. The van der Waals surface area contributed by atoms with Crippen molar-refractivity contribution in [3.63, 3.8) is 0 Å². The monoisotopic (exact) mass is 443 g/mol. The van der Waals surface area contributed by atoms with E-state index in [-0.39, 0.29) is 5.56 Å². The summed E-state index contributed by atoms with van der Waals surface area (Å²) in [5.74, 6) is -0.553. The number of rotatable bonds is 2. The molecule has 2 heteroatoms. The van der Waals surface area contributed by atoms with Crippen molar-refractivity contribution in [1.82, 2.24) is 0 Å². The number of benzene rings is 3. The molecule has 1 saturated carbocycles. The average molecular weight is 444 g/mol. The van der Waals surface area contributed by atoms with E-state index >= 15 is 0 Å². The Kier molecular flexibility index (Phi) is 3.19. The summed E-state index contributed by atoms with van der Waals surface area (Å²) in [6, 6.07) is 15.7. The number of nitrogens with zero attached hydrogens (tertiary/aromatic N) is 1. The lowest BCUT2D eigenvalue weighted by Gasteiger charge is -2.11. The molecule has 0 aliphatic heterocycles. The fourth-order valence-electron chi connectivity index (χ4n) is 5.31. The number of aryl methyl sites for hydroxylation is 4. The van der Waals surface area contributed by atoms with E-state index in [1.54, 1.807) is 29.7 Å². The predicted molar refractivity (Wildman–Crippen MR) is 139 cm³/mol. The van der Waals surface area contributed by atoms with Gasteiger partial charge in [-0.05, 0) is 79.5 Å². The van der Waals surface area contributed by atoms with Gasteiger partial charge in [-0.2, -0.15) is 4.57 Å². The molecule has 0 N–H and O–H groups in total. The SMILES string of the molecule is [2H]C([2H])([2H])c1ccc(-c2c3sc4cc5ccc(C6([2H])CCCC6)cc5cc4c3c(C([2H])([2H])[2H])c[n+]2C)c(C)c1. The second-order valence-corrected chi connectivity index (χ2v) is 10.1. The van der Waals surface area contributed by atoms with Crippen LogP contribution in [-0.4, -0.2) is 0 Å². The predicted octanol–water partition coefficient (Wildman–Crippen LogP) is 8.28. The van der Waals surface area contributed by atoms with Gasteiger partial charge < -0.3 is 0 Å². The molecule has 1 nitrogen and oxygen atoms in total. The van der Waals surface area contributed by atoms with Crippen molar-refractivity contribution in [3.05, 3.63) is 77.0 Å². The summed E-state index contributed by atoms with van der Waals surface area (Å²) in [6.07, 6.45) is 5.58. The molecule has 1 aliphatic carbocycles. The summed E-state index contributed by atoms with van der Waals surface area (Å²) in [6.45, 7) is -2.61. The Labute approximate surface area is 204 Å². The lowest BCUT2D eigenvalue weighted by molar-refractivity contribution is -0.659. The van der Waals surface area contributed by atoms with E-state index in [4.69, 9.17) is 9.60 Å². The molecule has 0 amide bonds. The molecular weight excluding hydrogens is 406 g/mol. The first kappa shape index (κ1) is 13.7. The van der Waals surface area contributed by atoms with Crippen molar-refractivity contribution in [2.24, 2.45) is 7.05 Å². The molecule has 32 heavy (non-hydrogen) atoms. The Morgan fingerprint density at radius 3 is 2.62 bits per heavy atom. The smallest absolute Gasteiger partial charge is 0.200 e. The number of hydrogen-bond acceptors (Lipinski definition) is 1. The van der Waals surface area contributed by atoms with Gasteiger partial charge in [-0.15, -0.1) is 11.3 Å². The highest BCUT2D eigenvalue weighted by Crippen LogP contribution is 2.43. The molecule has 160 valence electrons. The largest absolute Gasteiger partial charge is 0.230 e. The summed E-state index contributed by atoms with van der Waals surface area (Å²) in [5.41, 5.74) is 4.19. The van der Waals surface area contributed by atoms with E-state index in [2.05, 4.69) is 30.3 Å². The molecule has 2 heterocycles. The van der Waals surface area contributed by atoms with Crippen molar-refractivity contribution in [3.8, 4) is 11.3 Å². The highest BCUT2D eigenvalue weighted by molar-refractivity contribution is 7.26. The van der Waals surface area contributed by atoms with Crippen molar-refractivity contribution in [2.45, 2.75) is 52.2 Å². The topological polar surface area (TPSA) is 3.88 Å². The average Bonchev–Trinajstić information content (AvgIpc) is 3.45. The van der Waals surface area contributed by atoms with E-state index in [0.717, 1.165) is 79.0 Å². The molecule has 0 bridgehead atoms. The molecule has 1 fully saturated rings. The highest BCUT2D eigenvalue weighted by Gasteiger charge is 2.23. The van der Waals surface area contributed by atoms with Crippen LogP contribution >= 0.6 is 11.3 Å². The third-order valence-electron chi connectivity index (χ3n) is 6.90. The molecule has 3 aromatic carbocycles. The minimum Gasteiger partial charge on any atom is -0.200 e. The van der Waals surface area contributed by atoms with Gasteiger partial charge in [0, 0.05) is 30.6 Å². The van der Waals surface area contributed by atoms with Crippen LogP contribution in [0, 0.1) is 20.6 Å². The van der Waals surface area contributed by atoms with Gasteiger partial charge in [-0.25, -0.2) is 0 Å². The Hall–Kier alpha value is -2.71. The molecule has 5 aromatic rings. The van der Waals surface area contributed by atoms with Crippen molar-refractivity contribution < 1.29 is 14.2 Å². The van der Waals surface area contributed by atoms with Gasteiger partial charge in [0.1, 0.15) is 11.7 Å². The molecule has 0 radical (unpaired) electrons. The summed E-state index contributed by atoms with van der Waals surface area (Å²) in [4.78, 5) is 0. The Morgan fingerprint density at radius 2 is 1.84 bits per heavy atom. The third-order valence-corrected chi connectivity index (χ3v) is 8.06. The number of aromatic nitrogens is 1. The summed E-state index contributed by atoms with van der Waals surface area (Å²) >= 11 is 1.57. The minimum atomic E-state index is -2.31. The molecule has 6 rings (SSSR count). The number of pyridine rings is 1. The Bertz CT molecular complexity index is 1770. The van der Waals surface area contributed by atoms with Gasteiger partial charge in [0.05, 0.1) is 5.56 Å². The molecule has 2 aromatic heterocycles. The lowest BCUT2D eigenvalue weighted by atomic mass is 9.94. The van der Waals surface area contributed by atoms with Gasteiger partial charge in [0.2, 0.25) is 5.69 Å². The second-order valence-electron chi connectivity index (χ2n) is 9.06. The minimum absolute atomic E-state index is 0.287. The first-order valence-corrected chi connectivity index (χ1v) is 12.0. The van der Waals surface area contributed by atoms with Crippen molar-refractivity contribution in [1.29, 1.82) is 0 Å². The fraction of sp³-hybridized carbons (Fsp3) is 0.300. The van der Waals surface area contributed by atoms with Crippen LogP contribution < -0.4 is 4.57 Å². The number of hydrogen-bond donors (Lipinski definition) is 0. The zero-order valence-electron chi connectivity index (χ0n) is 25.4. The van der Waals surface area contributed by atoms with E-state index in [0.29, 0.717) is 5.56 Å². The number of thiophene rings is 1. The van der Waals surface area contributed by atoms with Crippen LogP contribution in [0.4, 0.5) is 0 Å². The summed E-state index contributed by atoms with van der Waals surface area (Å²) in [7, 11) is 1.85. The fourth-order valence-corrected chi connectivity index (χ4v) is 6.66. The maximum absolute atomic E-state index is 8.99. The zero-order chi connectivity index (χ0) is 27.9. The van der Waals surface area contributed by atoms with Crippen LogP contribution in [-0.2, 0) is 7.05 Å². The van der Waals surface area contributed by atoms with Crippen LogP contribution in [0.15, 0.2) is 54.7 Å². The zero-order valence-corrected chi connectivity index (χ0v) is 19.2. The van der Waals surface area contributed by atoms with E-state index in [9.17, 15) is 0 Å². The second kappa shape index (κ2) is 7.42. The van der Waals surface area contributed by atoms with E-state index < -0.39 is 19.6 Å². The van der Waals surface area contributed by atoms with Gasteiger partial charge >= 0.3 is 0 Å². The van der Waals surface area contributed by atoms with Gasteiger partial charge in [-0.1, -0.05) is 48.7 Å². The molecule has 0 unspecified atom stereocenters. The van der Waals surface area contributed by atoms with E-state index in [1.807, 2.05) is 24.6 Å². The standard InChI is InChI=1S/C30H30NS/c1-18-9-12-25(19(2)13-18)29-30-28(20(3)17-31(29)4)26-15-24-14-22(21-7-5-6-8-21)10-11-23(24)16-27(26)32-30/h9-17,21H,5-8H2,1-4H3/q+1/i1D3,3D3,21D. The van der Waals surface area contributed by atoms with E-state index in [1.165, 1.54) is 0 Å². The van der Waals surface area contributed by atoms with Crippen molar-refractivity contribution in [2.75, 3.05) is 0 Å². The maximum atomic E-state index is 8.99. The van der Waals surface area contributed by atoms with Crippen LogP contribution in [0.5, 0.6) is 0 Å². The quantitative estimate of drug-likeness (QED) is 0.242. The molecule has 0 spiro atoms.